The Kier molecular flexibility index (Phi) is 3.51. The fraction of sp³-hybridized carbons (Fsp3) is 0.167. The van der Waals surface area contributed by atoms with Crippen molar-refractivity contribution in [3.8, 4) is 11.5 Å². The molecule has 1 aromatic heterocycles. The van der Waals surface area contributed by atoms with Crippen molar-refractivity contribution in [3.63, 3.8) is 0 Å². The number of hydrogen-bond donors (Lipinski definition) is 0. The van der Waals surface area contributed by atoms with Gasteiger partial charge in [-0.05, 0) is 40.2 Å². The van der Waals surface area contributed by atoms with E-state index in [1.807, 2.05) is 24.3 Å². The summed E-state index contributed by atoms with van der Waals surface area (Å²) in [5.41, 5.74) is 1.00. The van der Waals surface area contributed by atoms with Crippen molar-refractivity contribution in [1.82, 2.24) is 0 Å². The predicted octanol–water partition coefficient (Wildman–Crippen LogP) is 3.63. The van der Waals surface area contributed by atoms with Crippen molar-refractivity contribution < 1.29 is 13.9 Å². The minimum Gasteiger partial charge on any atom is -0.497 e. The Morgan fingerprint density at radius 1 is 1.31 bits per heavy atom. The van der Waals surface area contributed by atoms with Crippen molar-refractivity contribution in [2.24, 2.45) is 0 Å². The third kappa shape index (κ3) is 2.58. The second-order valence-electron chi connectivity index (χ2n) is 3.22. The highest BCUT2D eigenvalue weighted by Crippen LogP contribution is 2.29. The monoisotopic (exact) mass is 282 g/mol. The predicted molar refractivity (Wildman–Crippen MR) is 63.7 cm³/mol. The molecule has 3 nitrogen and oxygen atoms in total. The van der Waals surface area contributed by atoms with E-state index in [0.717, 1.165) is 21.5 Å². The van der Waals surface area contributed by atoms with Gasteiger partial charge in [0.2, 0.25) is 0 Å². The van der Waals surface area contributed by atoms with Gasteiger partial charge in [0.05, 0.1) is 24.1 Å². The molecule has 16 heavy (non-hydrogen) atoms. The van der Waals surface area contributed by atoms with Gasteiger partial charge in [-0.3, -0.25) is 0 Å². The van der Waals surface area contributed by atoms with Crippen molar-refractivity contribution >= 4 is 15.9 Å². The lowest BCUT2D eigenvalue weighted by atomic mass is 10.3. The quantitative estimate of drug-likeness (QED) is 0.858. The largest absolute Gasteiger partial charge is 0.497 e. The average molecular weight is 283 g/mol. The van der Waals surface area contributed by atoms with Gasteiger partial charge in [-0.25, -0.2) is 0 Å². The average Bonchev–Trinajstić information content (AvgIpc) is 2.80. The first kappa shape index (κ1) is 11.1. The van der Waals surface area contributed by atoms with Gasteiger partial charge >= 0.3 is 0 Å². The van der Waals surface area contributed by atoms with E-state index in [-0.39, 0.29) is 0 Å². The minimum atomic E-state index is 0.488. The molecular weight excluding hydrogens is 272 g/mol. The Bertz CT molecular complexity index is 451. The second kappa shape index (κ2) is 5.07. The summed E-state index contributed by atoms with van der Waals surface area (Å²) in [6, 6.07) is 7.46. The number of rotatable bonds is 4. The molecule has 2 aromatic rings. The Labute approximate surface area is 102 Å². The van der Waals surface area contributed by atoms with Gasteiger partial charge in [0.15, 0.2) is 0 Å². The van der Waals surface area contributed by atoms with E-state index in [1.165, 1.54) is 0 Å². The van der Waals surface area contributed by atoms with Gasteiger partial charge in [-0.2, -0.15) is 0 Å². The van der Waals surface area contributed by atoms with Crippen LogP contribution in [0.4, 0.5) is 0 Å². The summed E-state index contributed by atoms with van der Waals surface area (Å²) in [5.74, 6) is 1.57. The van der Waals surface area contributed by atoms with Gasteiger partial charge in [0.25, 0.3) is 0 Å². The zero-order valence-corrected chi connectivity index (χ0v) is 10.4. The molecule has 0 unspecified atom stereocenters. The molecule has 0 atom stereocenters. The Morgan fingerprint density at radius 2 is 2.19 bits per heavy atom. The molecular formula is C12H11BrO3. The maximum atomic E-state index is 5.62. The highest BCUT2D eigenvalue weighted by molar-refractivity contribution is 9.10. The van der Waals surface area contributed by atoms with Crippen LogP contribution in [0.5, 0.6) is 11.5 Å². The Hall–Kier alpha value is -1.42. The molecule has 1 aromatic carbocycles. The van der Waals surface area contributed by atoms with Gasteiger partial charge in [-0.15, -0.1) is 0 Å². The van der Waals surface area contributed by atoms with E-state index in [0.29, 0.717) is 6.61 Å². The lowest BCUT2D eigenvalue weighted by Gasteiger charge is -2.08. The first-order valence-corrected chi connectivity index (χ1v) is 5.56. The third-order valence-electron chi connectivity index (χ3n) is 2.11. The number of benzene rings is 1. The zero-order valence-electron chi connectivity index (χ0n) is 8.77. The number of hydrogen-bond acceptors (Lipinski definition) is 3. The van der Waals surface area contributed by atoms with E-state index in [9.17, 15) is 0 Å². The van der Waals surface area contributed by atoms with Crippen LogP contribution < -0.4 is 9.47 Å². The molecule has 0 radical (unpaired) electrons. The lowest BCUT2D eigenvalue weighted by molar-refractivity contribution is 0.302. The third-order valence-corrected chi connectivity index (χ3v) is 2.73. The lowest BCUT2D eigenvalue weighted by Crippen LogP contribution is -1.94. The van der Waals surface area contributed by atoms with E-state index in [1.54, 1.807) is 19.6 Å². The summed E-state index contributed by atoms with van der Waals surface area (Å²) < 4.78 is 16.5. The number of halogens is 1. The number of furan rings is 1. The molecule has 84 valence electrons. The Balaban J connectivity index is 2.04. The first-order chi connectivity index (χ1) is 7.79. The van der Waals surface area contributed by atoms with Crippen LogP contribution in [0, 0.1) is 0 Å². The summed E-state index contributed by atoms with van der Waals surface area (Å²) in [4.78, 5) is 0. The Morgan fingerprint density at radius 3 is 2.81 bits per heavy atom. The molecule has 2 rings (SSSR count). The van der Waals surface area contributed by atoms with Crippen LogP contribution in [0.15, 0.2) is 45.7 Å². The van der Waals surface area contributed by atoms with Gasteiger partial charge < -0.3 is 13.9 Å². The summed E-state index contributed by atoms with van der Waals surface area (Å²) in [6.07, 6.45) is 3.29. The van der Waals surface area contributed by atoms with Gasteiger partial charge in [0, 0.05) is 5.56 Å². The summed E-state index contributed by atoms with van der Waals surface area (Å²) in [6.45, 7) is 0.488. The molecule has 0 fully saturated rings. The molecule has 0 aliphatic heterocycles. The maximum absolute atomic E-state index is 5.62. The molecule has 0 saturated carbocycles. The van der Waals surface area contributed by atoms with E-state index < -0.39 is 0 Å². The van der Waals surface area contributed by atoms with E-state index in [4.69, 9.17) is 13.9 Å². The molecule has 0 aliphatic rings. The normalized spacial score (nSPS) is 10.1. The zero-order chi connectivity index (χ0) is 11.4. The summed E-state index contributed by atoms with van der Waals surface area (Å²) in [7, 11) is 1.63. The summed E-state index contributed by atoms with van der Waals surface area (Å²) in [5, 5.41) is 0. The van der Waals surface area contributed by atoms with Crippen LogP contribution in [0.1, 0.15) is 5.56 Å². The van der Waals surface area contributed by atoms with Crippen LogP contribution in [0.2, 0.25) is 0 Å². The molecule has 0 bridgehead atoms. The standard InChI is InChI=1S/C12H11BrO3/c1-14-10-2-3-12(11(13)6-10)16-8-9-4-5-15-7-9/h2-7H,8H2,1H3. The molecule has 0 amide bonds. The maximum Gasteiger partial charge on any atom is 0.134 e. The fourth-order valence-electron chi connectivity index (χ4n) is 1.26. The SMILES string of the molecule is COc1ccc(OCc2ccoc2)c(Br)c1. The van der Waals surface area contributed by atoms with Crippen molar-refractivity contribution in [2.75, 3.05) is 7.11 Å². The summed E-state index contributed by atoms with van der Waals surface area (Å²) >= 11 is 3.42. The molecule has 0 N–H and O–H groups in total. The number of methoxy groups -OCH3 is 1. The fourth-order valence-corrected chi connectivity index (χ4v) is 1.73. The van der Waals surface area contributed by atoms with Crippen molar-refractivity contribution in [1.29, 1.82) is 0 Å². The molecule has 1 heterocycles. The van der Waals surface area contributed by atoms with Crippen LogP contribution in [0.3, 0.4) is 0 Å². The topological polar surface area (TPSA) is 31.6 Å². The molecule has 0 saturated heterocycles. The number of ether oxygens (including phenoxy) is 2. The van der Waals surface area contributed by atoms with Gasteiger partial charge in [0.1, 0.15) is 18.1 Å². The van der Waals surface area contributed by atoms with Crippen LogP contribution in [0.25, 0.3) is 0 Å². The van der Waals surface area contributed by atoms with Crippen LogP contribution in [-0.4, -0.2) is 7.11 Å². The highest BCUT2D eigenvalue weighted by atomic mass is 79.9. The molecule has 4 heteroatoms. The minimum absolute atomic E-state index is 0.488. The van der Waals surface area contributed by atoms with Gasteiger partial charge in [-0.1, -0.05) is 0 Å². The molecule has 0 spiro atoms. The smallest absolute Gasteiger partial charge is 0.134 e. The van der Waals surface area contributed by atoms with Crippen molar-refractivity contribution in [3.05, 3.63) is 46.8 Å². The first-order valence-electron chi connectivity index (χ1n) is 4.77. The van der Waals surface area contributed by atoms with Crippen molar-refractivity contribution in [2.45, 2.75) is 6.61 Å². The molecule has 0 aliphatic carbocycles. The van der Waals surface area contributed by atoms with Crippen LogP contribution >= 0.6 is 15.9 Å². The highest BCUT2D eigenvalue weighted by Gasteiger charge is 2.03. The van der Waals surface area contributed by atoms with E-state index >= 15 is 0 Å². The second-order valence-corrected chi connectivity index (χ2v) is 4.07. The van der Waals surface area contributed by atoms with Crippen LogP contribution in [-0.2, 0) is 6.61 Å². The van der Waals surface area contributed by atoms with E-state index in [2.05, 4.69) is 15.9 Å².